The molecule has 1 aromatic carbocycles. The Labute approximate surface area is 104 Å². The van der Waals surface area contributed by atoms with Crippen LogP contribution in [0.2, 0.25) is 0 Å². The second-order valence-electron chi connectivity index (χ2n) is 3.72. The van der Waals surface area contributed by atoms with E-state index in [1.165, 1.54) is 25.1 Å². The zero-order valence-electron chi connectivity index (χ0n) is 9.17. The van der Waals surface area contributed by atoms with Crippen molar-refractivity contribution in [3.8, 4) is 11.5 Å². The fourth-order valence-electron chi connectivity index (χ4n) is 1.18. The summed E-state index contributed by atoms with van der Waals surface area (Å²) in [5.41, 5.74) is 4.70. The first kappa shape index (κ1) is 17.9. The topological polar surface area (TPSA) is 135 Å². The molecule has 0 saturated carbocycles. The van der Waals surface area contributed by atoms with Gasteiger partial charge in [0, 0.05) is 6.42 Å². The molecule has 0 radical (unpaired) electrons. The highest BCUT2D eigenvalue weighted by Gasteiger charge is 2.28. The molecule has 6 nitrogen and oxygen atoms in total. The van der Waals surface area contributed by atoms with E-state index >= 15 is 0 Å². The molecule has 0 heterocycles. The van der Waals surface area contributed by atoms with Crippen LogP contribution in [0.25, 0.3) is 0 Å². The van der Waals surface area contributed by atoms with Crippen molar-refractivity contribution in [2.45, 2.75) is 18.9 Å². The van der Waals surface area contributed by atoms with Gasteiger partial charge in [-0.1, -0.05) is 6.07 Å². The molecule has 1 atom stereocenters. The zero-order chi connectivity index (χ0) is 11.6. The lowest BCUT2D eigenvalue weighted by molar-refractivity contribution is -0.142. The first-order valence-electron chi connectivity index (χ1n) is 4.36. The third-order valence-electron chi connectivity index (χ3n) is 2.10. The second-order valence-corrected chi connectivity index (χ2v) is 3.72. The molecule has 1 rings (SSSR count). The molecule has 0 fully saturated rings. The molecule has 0 bridgehead atoms. The van der Waals surface area contributed by atoms with E-state index in [4.69, 9.17) is 15.9 Å². The number of benzene rings is 1. The molecular weight excluding hydrogens is 250 g/mol. The molecule has 7 heteroatoms. The largest absolute Gasteiger partial charge is 0.504 e. The smallest absolute Gasteiger partial charge is 0.323 e. The van der Waals surface area contributed by atoms with E-state index in [1.54, 1.807) is 0 Å². The van der Waals surface area contributed by atoms with Crippen molar-refractivity contribution < 1.29 is 25.6 Å². The third-order valence-corrected chi connectivity index (χ3v) is 2.10. The van der Waals surface area contributed by atoms with Crippen LogP contribution in [-0.4, -0.2) is 32.3 Å². The van der Waals surface area contributed by atoms with Crippen molar-refractivity contribution in [3.63, 3.8) is 0 Å². The van der Waals surface area contributed by atoms with Crippen LogP contribution in [0.3, 0.4) is 0 Å². The van der Waals surface area contributed by atoms with Crippen molar-refractivity contribution in [1.29, 1.82) is 0 Å². The average molecular weight is 266 g/mol. The summed E-state index contributed by atoms with van der Waals surface area (Å²) in [4.78, 5) is 10.7. The first-order chi connectivity index (χ1) is 6.83. The summed E-state index contributed by atoms with van der Waals surface area (Å²) in [6, 6.07) is 4.11. The molecule has 0 aliphatic heterocycles. The molecule has 98 valence electrons. The summed E-state index contributed by atoms with van der Waals surface area (Å²) < 4.78 is 0. The summed E-state index contributed by atoms with van der Waals surface area (Å²) in [7, 11) is 0. The van der Waals surface area contributed by atoms with Crippen molar-refractivity contribution in [2.75, 3.05) is 0 Å². The van der Waals surface area contributed by atoms with Gasteiger partial charge in [0.2, 0.25) is 0 Å². The van der Waals surface area contributed by atoms with Crippen molar-refractivity contribution >= 4 is 18.4 Å². The predicted molar refractivity (Wildman–Crippen MR) is 64.6 cm³/mol. The second kappa shape index (κ2) is 6.29. The van der Waals surface area contributed by atoms with Crippen LogP contribution in [0.4, 0.5) is 0 Å². The third kappa shape index (κ3) is 4.48. The van der Waals surface area contributed by atoms with Crippen LogP contribution < -0.4 is 5.73 Å². The number of nitrogens with two attached hydrogens (primary N) is 1. The Balaban J connectivity index is 0. The van der Waals surface area contributed by atoms with Crippen molar-refractivity contribution in [1.82, 2.24) is 0 Å². The number of carboxylic acid groups (broad SMARTS) is 1. The molecule has 0 aromatic heterocycles. The van der Waals surface area contributed by atoms with Gasteiger partial charge in [0.1, 0.15) is 5.54 Å². The number of phenols is 2. The summed E-state index contributed by atoms with van der Waals surface area (Å²) in [6.45, 7) is 1.39. The number of rotatable bonds is 3. The van der Waals surface area contributed by atoms with Crippen LogP contribution in [0.15, 0.2) is 18.2 Å². The lowest BCUT2D eigenvalue weighted by atomic mass is 9.94. The Morgan fingerprint density at radius 2 is 1.88 bits per heavy atom. The molecule has 0 amide bonds. The molecule has 17 heavy (non-hydrogen) atoms. The van der Waals surface area contributed by atoms with Gasteiger partial charge < -0.3 is 26.5 Å². The standard InChI is InChI=1S/C10H13NO4.ClH.H2O/c1-10(11,9(14)15)5-6-2-3-7(12)8(13)4-6;;/h2-4,12-13H,5,11H2,1H3,(H,14,15);1H;1H2/t10-;;/m0../s1. The quantitative estimate of drug-likeness (QED) is 0.572. The maximum Gasteiger partial charge on any atom is 0.323 e. The Bertz CT molecular complexity index is 394. The van der Waals surface area contributed by atoms with Gasteiger partial charge in [0.25, 0.3) is 0 Å². The summed E-state index contributed by atoms with van der Waals surface area (Å²) in [5.74, 6) is -1.64. The summed E-state index contributed by atoms with van der Waals surface area (Å²) >= 11 is 0. The monoisotopic (exact) mass is 265 g/mol. The van der Waals surface area contributed by atoms with Crippen LogP contribution in [0, 0.1) is 0 Å². The van der Waals surface area contributed by atoms with Crippen LogP contribution in [-0.2, 0) is 11.2 Å². The molecular formula is C10H16ClNO5. The van der Waals surface area contributed by atoms with E-state index in [-0.39, 0.29) is 35.8 Å². The van der Waals surface area contributed by atoms with Crippen LogP contribution in [0.1, 0.15) is 12.5 Å². The Morgan fingerprint density at radius 3 is 2.29 bits per heavy atom. The Kier molecular flexibility index (Phi) is 6.61. The highest BCUT2D eigenvalue weighted by molar-refractivity contribution is 5.85. The van der Waals surface area contributed by atoms with Gasteiger partial charge >= 0.3 is 5.97 Å². The highest BCUT2D eigenvalue weighted by atomic mass is 35.5. The minimum atomic E-state index is -1.39. The number of carboxylic acids is 1. The van der Waals surface area contributed by atoms with Gasteiger partial charge in [-0.3, -0.25) is 4.79 Å². The van der Waals surface area contributed by atoms with E-state index in [9.17, 15) is 9.90 Å². The Hall–Kier alpha value is -1.50. The lowest BCUT2D eigenvalue weighted by Gasteiger charge is -2.19. The molecule has 7 N–H and O–H groups in total. The fraction of sp³-hybridized carbons (Fsp3) is 0.300. The predicted octanol–water partition coefficient (Wildman–Crippen LogP) is 0.0394. The van der Waals surface area contributed by atoms with E-state index < -0.39 is 11.5 Å². The summed E-state index contributed by atoms with van der Waals surface area (Å²) in [5, 5.41) is 27.0. The van der Waals surface area contributed by atoms with Gasteiger partial charge in [-0.05, 0) is 24.6 Å². The molecule has 0 aliphatic carbocycles. The number of carbonyl (C=O) groups is 1. The van der Waals surface area contributed by atoms with Crippen molar-refractivity contribution in [2.24, 2.45) is 5.73 Å². The number of aromatic hydroxyl groups is 2. The van der Waals surface area contributed by atoms with E-state index in [0.717, 1.165) is 0 Å². The number of phenolic OH excluding ortho intramolecular Hbond substituents is 2. The SMILES string of the molecule is C[C@](N)(Cc1ccc(O)c(O)c1)C(=O)O.Cl.O. The molecule has 0 spiro atoms. The van der Waals surface area contributed by atoms with Crippen LogP contribution >= 0.6 is 12.4 Å². The number of aliphatic carboxylic acids is 1. The lowest BCUT2D eigenvalue weighted by Crippen LogP contribution is -2.46. The van der Waals surface area contributed by atoms with Gasteiger partial charge in [-0.2, -0.15) is 0 Å². The van der Waals surface area contributed by atoms with Crippen LogP contribution in [0.5, 0.6) is 11.5 Å². The van der Waals surface area contributed by atoms with Crippen molar-refractivity contribution in [3.05, 3.63) is 23.8 Å². The number of halogens is 1. The van der Waals surface area contributed by atoms with E-state index in [2.05, 4.69) is 0 Å². The molecule has 0 aliphatic rings. The van der Waals surface area contributed by atoms with Gasteiger partial charge in [0.05, 0.1) is 0 Å². The average Bonchev–Trinajstić information content (AvgIpc) is 2.10. The van der Waals surface area contributed by atoms with Gasteiger partial charge in [0.15, 0.2) is 11.5 Å². The first-order valence-corrected chi connectivity index (χ1v) is 4.36. The van der Waals surface area contributed by atoms with Gasteiger partial charge in [-0.25, -0.2) is 0 Å². The minimum Gasteiger partial charge on any atom is -0.504 e. The fourth-order valence-corrected chi connectivity index (χ4v) is 1.18. The number of hydrogen-bond acceptors (Lipinski definition) is 4. The molecule has 0 saturated heterocycles. The summed E-state index contributed by atoms with van der Waals surface area (Å²) in [6.07, 6.45) is 0.0795. The van der Waals surface area contributed by atoms with Gasteiger partial charge in [-0.15, -0.1) is 12.4 Å². The maximum atomic E-state index is 10.7. The normalized spacial score (nSPS) is 12.8. The zero-order valence-corrected chi connectivity index (χ0v) is 9.99. The minimum absolute atomic E-state index is 0. The highest BCUT2D eigenvalue weighted by Crippen LogP contribution is 2.26. The molecule has 0 unspecified atom stereocenters. The maximum absolute atomic E-state index is 10.7. The molecule has 1 aromatic rings. The van der Waals surface area contributed by atoms with E-state index in [0.29, 0.717) is 5.56 Å². The van der Waals surface area contributed by atoms with E-state index in [1.807, 2.05) is 0 Å². The Morgan fingerprint density at radius 1 is 1.35 bits per heavy atom. The number of hydrogen-bond donors (Lipinski definition) is 4.